The number of nitrogens with two attached hydrogens (primary N) is 1. The molecule has 0 radical (unpaired) electrons. The minimum atomic E-state index is -3.95. The molecular formula is C27H32ClN7O4S. The van der Waals surface area contributed by atoms with Gasteiger partial charge >= 0.3 is 0 Å². The highest BCUT2D eigenvalue weighted by Crippen LogP contribution is 2.21. The Hall–Kier alpha value is -3.58. The van der Waals surface area contributed by atoms with Gasteiger partial charge in [-0.25, -0.2) is 23.4 Å². The van der Waals surface area contributed by atoms with Crippen molar-refractivity contribution in [2.75, 3.05) is 18.8 Å². The number of aromatic nitrogens is 4. The molecule has 0 unspecified atom stereocenters. The number of anilines is 1. The standard InChI is InChI=1S/C27H32ClN7O4S/c1-18(2)13-35(40(38,39)21-10-8-20(29)9-11-21)14-23(36)22(12-19-6-4-3-5-7-19)33-24(37)15-34-17-32-25-26(28)30-16-31-27(25)34/h3-11,16-18,22-23,36H,12-15,29H2,1-2H3,(H,33,37)/t22-,23+/m0/s1. The van der Waals surface area contributed by atoms with Gasteiger partial charge in [0, 0.05) is 18.8 Å². The number of hydrogen-bond donors (Lipinski definition) is 3. The van der Waals surface area contributed by atoms with E-state index in [4.69, 9.17) is 17.3 Å². The first-order chi connectivity index (χ1) is 19.0. The summed E-state index contributed by atoms with van der Waals surface area (Å²) in [5.74, 6) is -0.424. The summed E-state index contributed by atoms with van der Waals surface area (Å²) < 4.78 is 29.8. The minimum absolute atomic E-state index is 0.0127. The molecule has 212 valence electrons. The molecule has 0 spiro atoms. The van der Waals surface area contributed by atoms with Gasteiger partial charge in [-0.2, -0.15) is 4.31 Å². The Morgan fingerprint density at radius 3 is 2.45 bits per heavy atom. The van der Waals surface area contributed by atoms with Gasteiger partial charge in [0.25, 0.3) is 0 Å². The van der Waals surface area contributed by atoms with E-state index >= 15 is 0 Å². The maximum atomic E-state index is 13.5. The molecular weight excluding hydrogens is 554 g/mol. The van der Waals surface area contributed by atoms with Gasteiger partial charge in [-0.1, -0.05) is 55.8 Å². The SMILES string of the molecule is CC(C)CN(C[C@@H](O)[C@H](Cc1ccccc1)NC(=O)Cn1cnc2c(Cl)ncnc21)S(=O)(=O)c1ccc(N)cc1. The molecule has 1 amide bonds. The second-order valence-electron chi connectivity index (χ2n) is 9.93. The van der Waals surface area contributed by atoms with Crippen molar-refractivity contribution >= 4 is 44.4 Å². The van der Waals surface area contributed by atoms with E-state index in [1.165, 1.54) is 45.8 Å². The Kier molecular flexibility index (Phi) is 9.36. The predicted octanol–water partition coefficient (Wildman–Crippen LogP) is 2.50. The van der Waals surface area contributed by atoms with Gasteiger partial charge in [-0.3, -0.25) is 4.79 Å². The molecule has 40 heavy (non-hydrogen) atoms. The Labute approximate surface area is 238 Å². The van der Waals surface area contributed by atoms with Crippen LogP contribution in [0.15, 0.2) is 72.1 Å². The van der Waals surface area contributed by atoms with E-state index < -0.39 is 28.1 Å². The molecule has 13 heteroatoms. The van der Waals surface area contributed by atoms with Crippen LogP contribution >= 0.6 is 11.6 Å². The highest BCUT2D eigenvalue weighted by Gasteiger charge is 2.31. The molecule has 0 bridgehead atoms. The van der Waals surface area contributed by atoms with E-state index in [0.29, 0.717) is 16.9 Å². The average molecular weight is 586 g/mol. The van der Waals surface area contributed by atoms with Crippen LogP contribution in [-0.4, -0.2) is 68.5 Å². The lowest BCUT2D eigenvalue weighted by Gasteiger charge is -2.31. The van der Waals surface area contributed by atoms with Gasteiger partial charge in [-0.15, -0.1) is 0 Å². The lowest BCUT2D eigenvalue weighted by atomic mass is 10.0. The first-order valence-corrected chi connectivity index (χ1v) is 14.5. The molecule has 0 aliphatic carbocycles. The van der Waals surface area contributed by atoms with Crippen LogP contribution in [0.3, 0.4) is 0 Å². The number of imidazole rings is 1. The first kappa shape index (κ1) is 29.4. The van der Waals surface area contributed by atoms with Crippen LogP contribution in [-0.2, 0) is 27.8 Å². The zero-order valence-corrected chi connectivity index (χ0v) is 23.8. The van der Waals surface area contributed by atoms with Crippen molar-refractivity contribution in [3.8, 4) is 0 Å². The largest absolute Gasteiger partial charge is 0.399 e. The molecule has 4 rings (SSSR count). The van der Waals surface area contributed by atoms with Gasteiger partial charge in [0.05, 0.1) is 23.4 Å². The van der Waals surface area contributed by atoms with Gasteiger partial charge < -0.3 is 20.7 Å². The van der Waals surface area contributed by atoms with Crippen LogP contribution < -0.4 is 11.1 Å². The fourth-order valence-electron chi connectivity index (χ4n) is 4.33. The second kappa shape index (κ2) is 12.7. The smallest absolute Gasteiger partial charge is 0.243 e. The summed E-state index contributed by atoms with van der Waals surface area (Å²) in [6, 6.07) is 14.5. The minimum Gasteiger partial charge on any atom is -0.399 e. The summed E-state index contributed by atoms with van der Waals surface area (Å²) in [7, 11) is -3.95. The molecule has 0 saturated carbocycles. The van der Waals surface area contributed by atoms with Gasteiger partial charge in [0.2, 0.25) is 15.9 Å². The third-order valence-electron chi connectivity index (χ3n) is 6.26. The quantitative estimate of drug-likeness (QED) is 0.169. The summed E-state index contributed by atoms with van der Waals surface area (Å²) in [6.07, 6.45) is 1.79. The summed E-state index contributed by atoms with van der Waals surface area (Å²) in [4.78, 5) is 25.5. The zero-order valence-electron chi connectivity index (χ0n) is 22.2. The molecule has 0 fully saturated rings. The van der Waals surface area contributed by atoms with Gasteiger partial charge in [0.1, 0.15) is 18.4 Å². The summed E-state index contributed by atoms with van der Waals surface area (Å²) in [5.41, 5.74) is 7.83. The zero-order chi connectivity index (χ0) is 28.9. The topological polar surface area (TPSA) is 156 Å². The number of nitrogens with zero attached hydrogens (tertiary/aromatic N) is 5. The highest BCUT2D eigenvalue weighted by molar-refractivity contribution is 7.89. The Bertz CT molecular complexity index is 1550. The highest BCUT2D eigenvalue weighted by atomic mass is 35.5. The molecule has 4 aromatic rings. The van der Waals surface area contributed by atoms with Crippen molar-refractivity contribution in [1.82, 2.24) is 29.1 Å². The van der Waals surface area contributed by atoms with Crippen LogP contribution in [0.2, 0.25) is 5.15 Å². The number of amides is 1. The molecule has 2 heterocycles. The lowest BCUT2D eigenvalue weighted by Crippen LogP contribution is -2.51. The molecule has 2 aromatic carbocycles. The maximum absolute atomic E-state index is 13.5. The molecule has 0 saturated heterocycles. The van der Waals surface area contributed by atoms with E-state index in [1.54, 1.807) is 0 Å². The number of aliphatic hydroxyl groups is 1. The molecule has 0 aliphatic heterocycles. The third-order valence-corrected chi connectivity index (χ3v) is 8.38. The summed E-state index contributed by atoms with van der Waals surface area (Å²) >= 11 is 6.08. The number of aliphatic hydroxyl groups excluding tert-OH is 1. The van der Waals surface area contributed by atoms with Crippen LogP contribution in [0, 0.1) is 5.92 Å². The van der Waals surface area contributed by atoms with E-state index in [-0.39, 0.29) is 42.0 Å². The Morgan fingerprint density at radius 1 is 1.07 bits per heavy atom. The Balaban J connectivity index is 1.57. The molecule has 4 N–H and O–H groups in total. The number of nitrogen functional groups attached to an aromatic ring is 1. The van der Waals surface area contributed by atoms with Crippen molar-refractivity contribution in [3.05, 3.63) is 78.0 Å². The van der Waals surface area contributed by atoms with Crippen LogP contribution in [0.25, 0.3) is 11.2 Å². The van der Waals surface area contributed by atoms with E-state index in [1.807, 2.05) is 44.2 Å². The van der Waals surface area contributed by atoms with E-state index in [9.17, 15) is 18.3 Å². The second-order valence-corrected chi connectivity index (χ2v) is 12.2. The van der Waals surface area contributed by atoms with Crippen molar-refractivity contribution in [1.29, 1.82) is 0 Å². The van der Waals surface area contributed by atoms with Crippen molar-refractivity contribution in [2.24, 2.45) is 5.92 Å². The average Bonchev–Trinajstić information content (AvgIpc) is 3.32. The number of halogens is 1. The summed E-state index contributed by atoms with van der Waals surface area (Å²) in [5, 5.41) is 14.5. The molecule has 0 aliphatic rings. The van der Waals surface area contributed by atoms with Crippen molar-refractivity contribution < 1.29 is 18.3 Å². The number of carbonyl (C=O) groups excluding carboxylic acids is 1. The number of fused-ring (bicyclic) bond motifs is 1. The maximum Gasteiger partial charge on any atom is 0.243 e. The molecule has 2 aromatic heterocycles. The van der Waals surface area contributed by atoms with Crippen LogP contribution in [0.4, 0.5) is 5.69 Å². The van der Waals surface area contributed by atoms with Crippen molar-refractivity contribution in [3.63, 3.8) is 0 Å². The normalized spacial score (nSPS) is 13.6. The number of hydrogen-bond acceptors (Lipinski definition) is 8. The first-order valence-electron chi connectivity index (χ1n) is 12.7. The fourth-order valence-corrected chi connectivity index (χ4v) is 6.13. The van der Waals surface area contributed by atoms with E-state index in [2.05, 4.69) is 20.3 Å². The number of nitrogens with one attached hydrogen (secondary N) is 1. The lowest BCUT2D eigenvalue weighted by molar-refractivity contribution is -0.123. The predicted molar refractivity (Wildman–Crippen MR) is 153 cm³/mol. The van der Waals surface area contributed by atoms with E-state index in [0.717, 1.165) is 5.56 Å². The van der Waals surface area contributed by atoms with Gasteiger partial charge in [-0.05, 0) is 42.2 Å². The molecule has 2 atom stereocenters. The third kappa shape index (κ3) is 7.13. The number of benzene rings is 2. The van der Waals surface area contributed by atoms with Crippen LogP contribution in [0.1, 0.15) is 19.4 Å². The number of sulfonamides is 1. The Morgan fingerprint density at radius 2 is 1.77 bits per heavy atom. The van der Waals surface area contributed by atoms with Crippen LogP contribution in [0.5, 0.6) is 0 Å². The number of rotatable bonds is 12. The summed E-state index contributed by atoms with van der Waals surface area (Å²) in [6.45, 7) is 3.61. The van der Waals surface area contributed by atoms with Gasteiger partial charge in [0.15, 0.2) is 10.8 Å². The monoisotopic (exact) mass is 585 g/mol. The fraction of sp³-hybridized carbons (Fsp3) is 0.333. The molecule has 11 nitrogen and oxygen atoms in total. The van der Waals surface area contributed by atoms with Crippen molar-refractivity contribution in [2.45, 2.75) is 43.9 Å². The number of carbonyl (C=O) groups is 1.